The first-order valence-electron chi connectivity index (χ1n) is 13.3. The minimum atomic E-state index is -1.07. The third-order valence-corrected chi connectivity index (χ3v) is 7.73. The van der Waals surface area contributed by atoms with Gasteiger partial charge < -0.3 is 33.9 Å². The lowest BCUT2D eigenvalue weighted by Gasteiger charge is -2.42. The molecule has 0 saturated carbocycles. The van der Waals surface area contributed by atoms with Gasteiger partial charge in [-0.15, -0.1) is 0 Å². The molecule has 0 radical (unpaired) electrons. The number of hydrogen-bond donors (Lipinski definition) is 2. The Morgan fingerprint density at radius 1 is 1.27 bits per heavy atom. The lowest BCUT2D eigenvalue weighted by Crippen LogP contribution is -2.54. The highest BCUT2D eigenvalue weighted by molar-refractivity contribution is 5.78. The normalized spacial score (nSPS) is 26.9. The van der Waals surface area contributed by atoms with Gasteiger partial charge in [-0.05, 0) is 43.4 Å². The molecule has 2 saturated heterocycles. The van der Waals surface area contributed by atoms with Crippen LogP contribution in [0.1, 0.15) is 43.8 Å². The zero-order chi connectivity index (χ0) is 27.7. The van der Waals surface area contributed by atoms with Crippen LogP contribution in [0.25, 0.3) is 11.0 Å². The van der Waals surface area contributed by atoms with E-state index in [0.717, 1.165) is 18.4 Å². The number of methoxy groups -OCH3 is 1. The van der Waals surface area contributed by atoms with Crippen molar-refractivity contribution in [1.82, 2.24) is 14.9 Å². The number of pyridine rings is 2. The van der Waals surface area contributed by atoms with Crippen molar-refractivity contribution in [3.05, 3.63) is 77.9 Å². The number of aromatic nitrogens is 2. The first kappa shape index (κ1) is 26.3. The van der Waals surface area contributed by atoms with Gasteiger partial charge in [-0.1, -0.05) is 18.2 Å². The molecule has 40 heavy (non-hydrogen) atoms. The Morgan fingerprint density at radius 2 is 2.17 bits per heavy atom. The summed E-state index contributed by atoms with van der Waals surface area (Å²) in [6.45, 7) is -0.224. The molecule has 2 fully saturated rings. The molecule has 4 atom stereocenters. The lowest BCUT2D eigenvalue weighted by molar-refractivity contribution is -0.179. The monoisotopic (exact) mass is 549 g/mol. The molecule has 1 spiro atoms. The average Bonchev–Trinajstić information content (AvgIpc) is 3.34. The van der Waals surface area contributed by atoms with Crippen LogP contribution in [0, 0.1) is 0 Å². The van der Waals surface area contributed by atoms with Crippen LogP contribution < -0.4 is 4.74 Å². The number of aliphatic hydroxyl groups excluding tert-OH is 2. The summed E-state index contributed by atoms with van der Waals surface area (Å²) in [5.74, 6) is 1.19. The topological polar surface area (TPSA) is 133 Å². The zero-order valence-electron chi connectivity index (χ0n) is 22.1. The van der Waals surface area contributed by atoms with E-state index < -0.39 is 23.9 Å². The summed E-state index contributed by atoms with van der Waals surface area (Å²) in [4.78, 5) is 23.2. The number of carbonyl (C=O) groups excluding carboxylic acids is 1. The second kappa shape index (κ2) is 10.9. The van der Waals surface area contributed by atoms with Crippen LogP contribution in [0.2, 0.25) is 0 Å². The second-order valence-corrected chi connectivity index (χ2v) is 10.2. The summed E-state index contributed by atoms with van der Waals surface area (Å²) in [5.41, 5.74) is 1.72. The molecule has 0 bridgehead atoms. The Hall–Kier alpha value is -3.93. The van der Waals surface area contributed by atoms with E-state index in [-0.39, 0.29) is 31.6 Å². The standard InChI is InChI=1S/C29H31N3O8/c1-36-25-8-7-21-27(31-25)20(10-12-30-21)22(34)13-19-9-11-29(24(14-33)38-19)17-32(28(35)40-29)26-16-37-15-23(39-26)18-5-3-2-4-6-18/h2-3,5,7-8,10,12,15-16,19,22,24,33-34H,4,6,9,11,13-14,17H2,1H3/t19-,22+,24+,29+/m0/s1. The van der Waals surface area contributed by atoms with Crippen molar-refractivity contribution < 1.29 is 38.7 Å². The number of amides is 1. The molecule has 3 aliphatic heterocycles. The molecule has 4 aliphatic rings. The predicted octanol–water partition coefficient (Wildman–Crippen LogP) is 3.76. The summed E-state index contributed by atoms with van der Waals surface area (Å²) < 4.78 is 28.8. The number of nitrogens with zero attached hydrogens (tertiary/aromatic N) is 3. The van der Waals surface area contributed by atoms with Gasteiger partial charge in [0.2, 0.25) is 11.8 Å². The van der Waals surface area contributed by atoms with E-state index in [2.05, 4.69) is 16.0 Å². The molecule has 11 nitrogen and oxygen atoms in total. The molecule has 5 heterocycles. The molecule has 6 rings (SSSR count). The van der Waals surface area contributed by atoms with Gasteiger partial charge in [-0.25, -0.2) is 14.7 Å². The third-order valence-electron chi connectivity index (χ3n) is 7.73. The Labute approximate surface area is 231 Å². The van der Waals surface area contributed by atoms with Crippen LogP contribution in [0.15, 0.2) is 72.4 Å². The van der Waals surface area contributed by atoms with E-state index in [4.69, 9.17) is 23.7 Å². The van der Waals surface area contributed by atoms with E-state index in [1.807, 2.05) is 12.2 Å². The summed E-state index contributed by atoms with van der Waals surface area (Å²) in [7, 11) is 1.53. The quantitative estimate of drug-likeness (QED) is 0.526. The number of allylic oxidation sites excluding steroid dienone is 4. The van der Waals surface area contributed by atoms with Crippen LogP contribution in [0.4, 0.5) is 4.79 Å². The molecular weight excluding hydrogens is 518 g/mol. The van der Waals surface area contributed by atoms with E-state index >= 15 is 0 Å². The van der Waals surface area contributed by atoms with Crippen LogP contribution in [-0.2, 0) is 18.9 Å². The first-order chi connectivity index (χ1) is 19.5. The fourth-order valence-electron chi connectivity index (χ4n) is 5.60. The van der Waals surface area contributed by atoms with Crippen molar-refractivity contribution >= 4 is 17.1 Å². The predicted molar refractivity (Wildman–Crippen MR) is 141 cm³/mol. The SMILES string of the molecule is COc1ccc2nccc([C@H](O)C[C@@H]3CC[C@@]4(CN(C5=COC=C(C6=CC=CCC6)O5)C(=O)O4)[C@@H](CO)O3)c2n1. The molecule has 0 aromatic carbocycles. The highest BCUT2D eigenvalue weighted by Gasteiger charge is 2.55. The number of hydrogen-bond acceptors (Lipinski definition) is 10. The average molecular weight is 550 g/mol. The minimum Gasteiger partial charge on any atom is -0.481 e. The van der Waals surface area contributed by atoms with Crippen molar-refractivity contribution in [2.45, 2.75) is 56.0 Å². The highest BCUT2D eigenvalue weighted by Crippen LogP contribution is 2.42. The Balaban J connectivity index is 1.13. The van der Waals surface area contributed by atoms with E-state index in [1.54, 1.807) is 24.4 Å². The van der Waals surface area contributed by atoms with E-state index in [9.17, 15) is 15.0 Å². The van der Waals surface area contributed by atoms with Crippen molar-refractivity contribution in [2.24, 2.45) is 0 Å². The molecule has 0 unspecified atom stereocenters. The van der Waals surface area contributed by atoms with Gasteiger partial charge in [0.15, 0.2) is 17.6 Å². The van der Waals surface area contributed by atoms with Gasteiger partial charge in [0.05, 0.1) is 43.5 Å². The van der Waals surface area contributed by atoms with Crippen LogP contribution in [0.5, 0.6) is 5.88 Å². The molecule has 2 aromatic rings. The third kappa shape index (κ3) is 4.91. The highest BCUT2D eigenvalue weighted by atomic mass is 16.6. The number of rotatable bonds is 7. The molecular formula is C29H31N3O8. The molecule has 2 N–H and O–H groups in total. The van der Waals surface area contributed by atoms with Crippen LogP contribution >= 0.6 is 0 Å². The fraction of sp³-hybridized carbons (Fsp3) is 0.414. The molecule has 1 aliphatic carbocycles. The summed E-state index contributed by atoms with van der Waals surface area (Å²) in [6, 6.07) is 5.24. The summed E-state index contributed by atoms with van der Waals surface area (Å²) >= 11 is 0. The van der Waals surface area contributed by atoms with Crippen LogP contribution in [0.3, 0.4) is 0 Å². The second-order valence-electron chi connectivity index (χ2n) is 10.2. The maximum atomic E-state index is 13.0. The minimum absolute atomic E-state index is 0.131. The maximum Gasteiger partial charge on any atom is 0.417 e. The number of aliphatic hydroxyl groups is 2. The molecule has 210 valence electrons. The summed E-state index contributed by atoms with van der Waals surface area (Å²) in [5, 5.41) is 21.4. The first-order valence-corrected chi connectivity index (χ1v) is 13.3. The van der Waals surface area contributed by atoms with Crippen molar-refractivity contribution in [2.75, 3.05) is 20.3 Å². The smallest absolute Gasteiger partial charge is 0.417 e. The zero-order valence-corrected chi connectivity index (χ0v) is 22.1. The Bertz CT molecular complexity index is 1420. The van der Waals surface area contributed by atoms with Gasteiger partial charge in [-0.2, -0.15) is 0 Å². The summed E-state index contributed by atoms with van der Waals surface area (Å²) in [6.07, 6.45) is 10.8. The molecule has 1 amide bonds. The molecule has 11 heteroatoms. The van der Waals surface area contributed by atoms with Crippen molar-refractivity contribution in [1.29, 1.82) is 0 Å². The number of carbonyl (C=O) groups is 1. The maximum absolute atomic E-state index is 13.0. The van der Waals surface area contributed by atoms with Crippen LogP contribution in [-0.4, -0.2) is 69.2 Å². The van der Waals surface area contributed by atoms with E-state index in [1.165, 1.54) is 24.5 Å². The number of ether oxygens (including phenoxy) is 5. The van der Waals surface area contributed by atoms with E-state index in [0.29, 0.717) is 41.1 Å². The van der Waals surface area contributed by atoms with Gasteiger partial charge in [0, 0.05) is 24.2 Å². The molecule has 2 aromatic heterocycles. The largest absolute Gasteiger partial charge is 0.481 e. The van der Waals surface area contributed by atoms with Gasteiger partial charge in [0.25, 0.3) is 0 Å². The van der Waals surface area contributed by atoms with Gasteiger partial charge >= 0.3 is 6.09 Å². The number of fused-ring (bicyclic) bond motifs is 1. The Kier molecular flexibility index (Phi) is 7.18. The van der Waals surface area contributed by atoms with Gasteiger partial charge in [0.1, 0.15) is 12.4 Å². The Morgan fingerprint density at radius 3 is 2.98 bits per heavy atom. The lowest BCUT2D eigenvalue weighted by atomic mass is 9.85. The fourth-order valence-corrected chi connectivity index (χ4v) is 5.60. The van der Waals surface area contributed by atoms with Crippen molar-refractivity contribution in [3.8, 4) is 5.88 Å². The van der Waals surface area contributed by atoms with Gasteiger partial charge in [-0.3, -0.25) is 4.98 Å². The van der Waals surface area contributed by atoms with Crippen molar-refractivity contribution in [3.63, 3.8) is 0 Å².